The van der Waals surface area contributed by atoms with Gasteiger partial charge in [0, 0.05) is 12.8 Å². The van der Waals surface area contributed by atoms with E-state index in [0.717, 1.165) is 51.4 Å². The number of hydrogen-bond donors (Lipinski definition) is 1. The molecule has 0 heterocycles. The van der Waals surface area contributed by atoms with Crippen LogP contribution >= 0.6 is 0 Å². The second kappa shape index (κ2) is 35.9. The molecule has 1 unspecified atom stereocenters. The van der Waals surface area contributed by atoms with Crippen LogP contribution in [0.1, 0.15) is 194 Å². The van der Waals surface area contributed by atoms with Gasteiger partial charge in [-0.1, -0.05) is 141 Å². The van der Waals surface area contributed by atoms with E-state index in [0.29, 0.717) is 12.8 Å². The lowest BCUT2D eigenvalue weighted by molar-refractivity contribution is -0.161. The summed E-state index contributed by atoms with van der Waals surface area (Å²) in [7, 11) is 0. The lowest BCUT2D eigenvalue weighted by atomic mass is 10.1. The summed E-state index contributed by atoms with van der Waals surface area (Å²) in [5.74, 6) is -0.607. The van der Waals surface area contributed by atoms with Gasteiger partial charge < -0.3 is 14.6 Å². The highest BCUT2D eigenvalue weighted by atomic mass is 16.7. The van der Waals surface area contributed by atoms with Gasteiger partial charge in [0.25, 0.3) is 0 Å². The van der Waals surface area contributed by atoms with Crippen LogP contribution in [0.25, 0.3) is 0 Å². The second-order valence-corrected chi connectivity index (χ2v) is 12.6. The molecule has 0 fully saturated rings. The number of carbonyl (C=O) groups is 2. The molecule has 5 nitrogen and oxygen atoms in total. The molecule has 0 spiro atoms. The molecular formula is C39H72O5. The molecule has 5 heteroatoms. The smallest absolute Gasteiger partial charge is 0.306 e. The number of aliphatic hydroxyl groups excluding tert-OH is 1. The molecule has 0 amide bonds. The zero-order chi connectivity index (χ0) is 32.2. The third-order valence-corrected chi connectivity index (χ3v) is 8.22. The fourth-order valence-electron chi connectivity index (χ4n) is 5.31. The molecule has 1 atom stereocenters. The number of carbonyl (C=O) groups excluding carboxylic acids is 2. The maximum Gasteiger partial charge on any atom is 0.306 e. The molecule has 0 saturated heterocycles. The van der Waals surface area contributed by atoms with E-state index in [-0.39, 0.29) is 25.2 Å². The van der Waals surface area contributed by atoms with Gasteiger partial charge >= 0.3 is 11.9 Å². The molecular weight excluding hydrogens is 551 g/mol. The van der Waals surface area contributed by atoms with Crippen molar-refractivity contribution in [2.24, 2.45) is 0 Å². The van der Waals surface area contributed by atoms with Crippen LogP contribution in [-0.2, 0) is 19.1 Å². The average molecular weight is 624 g/mol. The lowest BCUT2D eigenvalue weighted by Gasteiger charge is -2.15. The second-order valence-electron chi connectivity index (χ2n) is 12.6. The predicted octanol–water partition coefficient (Wildman–Crippen LogP) is 11.5. The number of allylic oxidation sites excluding steroid dienone is 4. The highest BCUT2D eigenvalue weighted by molar-refractivity contribution is 5.70. The van der Waals surface area contributed by atoms with E-state index in [9.17, 15) is 14.7 Å². The molecule has 0 aromatic carbocycles. The summed E-state index contributed by atoms with van der Waals surface area (Å²) in [6.07, 6.45) is 40.9. The number of hydrogen-bond acceptors (Lipinski definition) is 5. The first kappa shape index (κ1) is 42.4. The van der Waals surface area contributed by atoms with Crippen LogP contribution in [0.4, 0.5) is 0 Å². The fourth-order valence-corrected chi connectivity index (χ4v) is 5.31. The molecule has 1 N–H and O–H groups in total. The minimum atomic E-state index is -0.774. The van der Waals surface area contributed by atoms with Gasteiger partial charge in [-0.25, -0.2) is 0 Å². The summed E-state index contributed by atoms with van der Waals surface area (Å²) < 4.78 is 10.6. The molecule has 44 heavy (non-hydrogen) atoms. The molecule has 0 aliphatic rings. The standard InChI is InChI=1S/C39H72O5/c1-3-5-7-9-11-13-15-17-19-21-23-25-27-29-31-33-38(41)43-36-37(35-40)44-39(42)34-32-30-28-26-24-22-20-18-16-14-12-10-8-6-4-2/h17-20,37,40H,3-16,21-36H2,1-2H3/i35+1,36+1,37+1. The number of rotatable bonds is 34. The highest BCUT2D eigenvalue weighted by Crippen LogP contribution is 2.12. The number of ether oxygens (including phenoxy) is 2. The zero-order valence-corrected chi connectivity index (χ0v) is 29.2. The fraction of sp³-hybridized carbons (Fsp3) is 0.846. The monoisotopic (exact) mass is 624 g/mol. The summed E-state index contributed by atoms with van der Waals surface area (Å²) in [4.78, 5) is 24.2. The Kier molecular flexibility index (Phi) is 34.5. The Hall–Kier alpha value is -1.62. The van der Waals surface area contributed by atoms with Crippen molar-refractivity contribution in [3.8, 4) is 0 Å². The molecule has 0 saturated carbocycles. The summed E-state index contributed by atoms with van der Waals surface area (Å²) >= 11 is 0. The average Bonchev–Trinajstić information content (AvgIpc) is 3.02. The maximum atomic E-state index is 12.1. The first-order chi connectivity index (χ1) is 21.6. The topological polar surface area (TPSA) is 72.8 Å². The summed E-state index contributed by atoms with van der Waals surface area (Å²) in [5.41, 5.74) is 0. The maximum absolute atomic E-state index is 12.1. The minimum Gasteiger partial charge on any atom is -0.462 e. The first-order valence-corrected chi connectivity index (χ1v) is 18.9. The van der Waals surface area contributed by atoms with E-state index in [4.69, 9.17) is 9.47 Å². The molecule has 0 bridgehead atoms. The van der Waals surface area contributed by atoms with E-state index in [1.54, 1.807) is 0 Å². The number of unbranched alkanes of at least 4 members (excludes halogenated alkanes) is 22. The third kappa shape index (κ3) is 33.3. The minimum absolute atomic E-state index is 0.0709. The van der Waals surface area contributed by atoms with Crippen molar-refractivity contribution >= 4 is 11.9 Å². The quantitative estimate of drug-likeness (QED) is 0.0334. The molecule has 0 aliphatic heterocycles. The Labute approximate surface area is 273 Å². The number of esters is 2. The normalized spacial score (nSPS) is 12.3. The van der Waals surface area contributed by atoms with Gasteiger partial charge in [0.05, 0.1) is 6.61 Å². The Bertz CT molecular complexity index is 671. The van der Waals surface area contributed by atoms with Crippen molar-refractivity contribution in [1.29, 1.82) is 0 Å². The van der Waals surface area contributed by atoms with Gasteiger partial charge in [0.15, 0.2) is 6.10 Å². The van der Waals surface area contributed by atoms with E-state index in [2.05, 4.69) is 38.2 Å². The summed E-state index contributed by atoms with van der Waals surface area (Å²) in [6.45, 7) is 4.11. The SMILES string of the molecule is CCCCCCCCC=CCCCCCCCC(=O)O[13CH2][13CH]([13CH2]O)OC(=O)CCCCCCCC=CCCCCCCCC. The summed E-state index contributed by atoms with van der Waals surface area (Å²) in [6, 6.07) is 0. The van der Waals surface area contributed by atoms with E-state index >= 15 is 0 Å². The van der Waals surface area contributed by atoms with Crippen LogP contribution in [0.5, 0.6) is 0 Å². The largest absolute Gasteiger partial charge is 0.462 e. The molecule has 258 valence electrons. The molecule has 0 aliphatic carbocycles. The Morgan fingerprint density at radius 3 is 1.23 bits per heavy atom. The van der Waals surface area contributed by atoms with Crippen LogP contribution in [0.3, 0.4) is 0 Å². The van der Waals surface area contributed by atoms with Crippen molar-refractivity contribution in [3.63, 3.8) is 0 Å². The third-order valence-electron chi connectivity index (χ3n) is 8.22. The van der Waals surface area contributed by atoms with E-state index < -0.39 is 6.10 Å². The van der Waals surface area contributed by atoms with Crippen LogP contribution in [0.15, 0.2) is 24.3 Å². The van der Waals surface area contributed by atoms with Crippen LogP contribution in [0, 0.1) is 0 Å². The first-order valence-electron chi connectivity index (χ1n) is 18.9. The van der Waals surface area contributed by atoms with Gasteiger partial charge in [-0.2, -0.15) is 0 Å². The van der Waals surface area contributed by atoms with Crippen molar-refractivity contribution in [3.05, 3.63) is 24.3 Å². The van der Waals surface area contributed by atoms with Crippen molar-refractivity contribution in [2.45, 2.75) is 200 Å². The molecule has 0 rings (SSSR count). The van der Waals surface area contributed by atoms with E-state index in [1.807, 2.05) is 0 Å². The van der Waals surface area contributed by atoms with Crippen molar-refractivity contribution in [1.82, 2.24) is 0 Å². The molecule has 0 radical (unpaired) electrons. The van der Waals surface area contributed by atoms with Gasteiger partial charge in [-0.15, -0.1) is 0 Å². The predicted molar refractivity (Wildman–Crippen MR) is 187 cm³/mol. The van der Waals surface area contributed by atoms with Crippen molar-refractivity contribution < 1.29 is 24.2 Å². The lowest BCUT2D eigenvalue weighted by Crippen LogP contribution is -2.28. The Balaban J connectivity index is 3.58. The Morgan fingerprint density at radius 1 is 0.500 bits per heavy atom. The van der Waals surface area contributed by atoms with E-state index in [1.165, 1.54) is 116 Å². The Morgan fingerprint density at radius 2 is 0.841 bits per heavy atom. The summed E-state index contributed by atoms with van der Waals surface area (Å²) in [5, 5.41) is 9.53. The van der Waals surface area contributed by atoms with Gasteiger partial charge in [0.2, 0.25) is 0 Å². The molecule has 0 aromatic heterocycles. The number of aliphatic hydroxyl groups is 1. The van der Waals surface area contributed by atoms with Crippen LogP contribution in [0.2, 0.25) is 0 Å². The van der Waals surface area contributed by atoms with Crippen molar-refractivity contribution in [2.75, 3.05) is 13.2 Å². The van der Waals surface area contributed by atoms with Gasteiger partial charge in [0.1, 0.15) is 6.61 Å². The molecule has 0 aromatic rings. The van der Waals surface area contributed by atoms with Crippen LogP contribution in [-0.4, -0.2) is 36.4 Å². The van der Waals surface area contributed by atoms with Crippen LogP contribution < -0.4 is 0 Å². The zero-order valence-electron chi connectivity index (χ0n) is 29.2. The van der Waals surface area contributed by atoms with Gasteiger partial charge in [-0.05, 0) is 64.2 Å². The van der Waals surface area contributed by atoms with Gasteiger partial charge in [-0.3, -0.25) is 9.59 Å². The highest BCUT2D eigenvalue weighted by Gasteiger charge is 2.16.